The Labute approximate surface area is 82.4 Å². The van der Waals surface area contributed by atoms with Crippen molar-refractivity contribution in [3.63, 3.8) is 0 Å². The lowest BCUT2D eigenvalue weighted by atomic mass is 10.1. The van der Waals surface area contributed by atoms with Gasteiger partial charge in [-0.1, -0.05) is 30.3 Å². The fourth-order valence-electron chi connectivity index (χ4n) is 1.12. The molecular weight excluding hydrogens is 180 g/mol. The van der Waals surface area contributed by atoms with E-state index in [1.165, 1.54) is 0 Å². The Kier molecular flexibility index (Phi) is 4.01. The lowest BCUT2D eigenvalue weighted by Gasteiger charge is -1.98. The standard InChI is InChI=1S/C11H12O3/c12-7-6-10(13)8-11(14)9-4-2-1-3-5-9/h1-5,12H,6-8H2. The fraction of sp³-hybridized carbons (Fsp3) is 0.273. The van der Waals surface area contributed by atoms with Gasteiger partial charge in [0.15, 0.2) is 5.78 Å². The number of hydrogen-bond acceptors (Lipinski definition) is 3. The molecule has 0 unspecified atom stereocenters. The number of aliphatic hydroxyl groups excluding tert-OH is 1. The lowest BCUT2D eigenvalue weighted by molar-refractivity contribution is -0.118. The molecule has 0 aliphatic carbocycles. The van der Waals surface area contributed by atoms with Gasteiger partial charge in [-0.2, -0.15) is 0 Å². The molecule has 1 aromatic rings. The van der Waals surface area contributed by atoms with Gasteiger partial charge >= 0.3 is 0 Å². The minimum atomic E-state index is -0.221. The van der Waals surface area contributed by atoms with Crippen molar-refractivity contribution in [2.75, 3.05) is 6.61 Å². The molecule has 0 bridgehead atoms. The van der Waals surface area contributed by atoms with Gasteiger partial charge in [-0.3, -0.25) is 9.59 Å². The first-order valence-corrected chi connectivity index (χ1v) is 4.45. The molecule has 0 aliphatic heterocycles. The molecular formula is C11H12O3. The molecule has 0 fully saturated rings. The Balaban J connectivity index is 2.55. The Morgan fingerprint density at radius 3 is 2.36 bits per heavy atom. The topological polar surface area (TPSA) is 54.4 Å². The van der Waals surface area contributed by atoms with E-state index in [2.05, 4.69) is 0 Å². The molecule has 1 rings (SSSR count). The summed E-state index contributed by atoms with van der Waals surface area (Å²) in [6.07, 6.45) is -0.0663. The maximum atomic E-state index is 11.4. The zero-order chi connectivity index (χ0) is 10.4. The molecule has 0 aliphatic rings. The number of rotatable bonds is 5. The molecule has 14 heavy (non-hydrogen) atoms. The molecule has 0 atom stereocenters. The molecule has 3 nitrogen and oxygen atoms in total. The molecule has 0 saturated heterocycles. The highest BCUT2D eigenvalue weighted by molar-refractivity contribution is 6.07. The van der Waals surface area contributed by atoms with Gasteiger partial charge in [0.05, 0.1) is 6.42 Å². The maximum Gasteiger partial charge on any atom is 0.170 e. The van der Waals surface area contributed by atoms with E-state index in [9.17, 15) is 9.59 Å². The summed E-state index contributed by atoms with van der Waals surface area (Å²) in [5.41, 5.74) is 0.541. The van der Waals surface area contributed by atoms with E-state index < -0.39 is 0 Å². The van der Waals surface area contributed by atoms with Crippen LogP contribution in [0.2, 0.25) is 0 Å². The third-order valence-electron chi connectivity index (χ3n) is 1.84. The maximum absolute atomic E-state index is 11.4. The quantitative estimate of drug-likeness (QED) is 0.563. The zero-order valence-corrected chi connectivity index (χ0v) is 7.77. The number of carbonyl (C=O) groups excluding carboxylic acids is 2. The highest BCUT2D eigenvalue weighted by atomic mass is 16.3. The largest absolute Gasteiger partial charge is 0.396 e. The Bertz CT molecular complexity index is 317. The van der Waals surface area contributed by atoms with Crippen LogP contribution in [-0.2, 0) is 4.79 Å². The summed E-state index contributed by atoms with van der Waals surface area (Å²) in [6.45, 7) is -0.194. The molecule has 3 heteroatoms. The normalized spacial score (nSPS) is 9.79. The van der Waals surface area contributed by atoms with Crippen LogP contribution >= 0.6 is 0 Å². The van der Waals surface area contributed by atoms with Gasteiger partial charge < -0.3 is 5.11 Å². The first kappa shape index (κ1) is 10.6. The van der Waals surface area contributed by atoms with Gasteiger partial charge in [0.25, 0.3) is 0 Å². The third kappa shape index (κ3) is 3.11. The molecule has 0 radical (unpaired) electrons. The van der Waals surface area contributed by atoms with Gasteiger partial charge in [-0.25, -0.2) is 0 Å². The lowest BCUT2D eigenvalue weighted by Crippen LogP contribution is -2.09. The van der Waals surface area contributed by atoms with E-state index in [4.69, 9.17) is 5.11 Å². The van der Waals surface area contributed by atoms with Crippen molar-refractivity contribution in [3.05, 3.63) is 35.9 Å². The van der Waals surface area contributed by atoms with Crippen molar-refractivity contribution in [2.24, 2.45) is 0 Å². The fourth-order valence-corrected chi connectivity index (χ4v) is 1.12. The summed E-state index contributed by atoms with van der Waals surface area (Å²) in [5, 5.41) is 8.49. The number of aliphatic hydroxyl groups is 1. The van der Waals surface area contributed by atoms with E-state index in [0.29, 0.717) is 5.56 Å². The molecule has 0 amide bonds. The number of benzene rings is 1. The second-order valence-electron chi connectivity index (χ2n) is 2.98. The zero-order valence-electron chi connectivity index (χ0n) is 7.77. The van der Waals surface area contributed by atoms with Crippen molar-refractivity contribution in [2.45, 2.75) is 12.8 Å². The average molecular weight is 192 g/mol. The van der Waals surface area contributed by atoms with Crippen LogP contribution in [0.15, 0.2) is 30.3 Å². The van der Waals surface area contributed by atoms with Crippen LogP contribution < -0.4 is 0 Å². The molecule has 0 aromatic heterocycles. The van der Waals surface area contributed by atoms with E-state index in [0.717, 1.165) is 0 Å². The van der Waals surface area contributed by atoms with Gasteiger partial charge in [-0.15, -0.1) is 0 Å². The van der Waals surface area contributed by atoms with Crippen molar-refractivity contribution in [3.8, 4) is 0 Å². The molecule has 1 aromatic carbocycles. The molecule has 74 valence electrons. The van der Waals surface area contributed by atoms with E-state index >= 15 is 0 Å². The number of ketones is 2. The van der Waals surface area contributed by atoms with Crippen molar-refractivity contribution < 1.29 is 14.7 Å². The van der Waals surface area contributed by atoms with Crippen LogP contribution in [-0.4, -0.2) is 23.3 Å². The summed E-state index contributed by atoms with van der Waals surface area (Å²) < 4.78 is 0. The summed E-state index contributed by atoms with van der Waals surface area (Å²) in [6, 6.07) is 8.67. The van der Waals surface area contributed by atoms with E-state index in [1.807, 2.05) is 6.07 Å². The highest BCUT2D eigenvalue weighted by Gasteiger charge is 2.10. The second-order valence-corrected chi connectivity index (χ2v) is 2.98. The molecule has 0 heterocycles. The van der Waals surface area contributed by atoms with Crippen LogP contribution in [0.5, 0.6) is 0 Å². The van der Waals surface area contributed by atoms with Crippen LogP contribution in [0, 0.1) is 0 Å². The van der Waals surface area contributed by atoms with E-state index in [-0.39, 0.29) is 31.0 Å². The summed E-state index contributed by atoms with van der Waals surface area (Å²) >= 11 is 0. The first-order chi connectivity index (χ1) is 6.74. The minimum absolute atomic E-state index is 0.0541. The van der Waals surface area contributed by atoms with Gasteiger partial charge in [-0.05, 0) is 0 Å². The summed E-state index contributed by atoms with van der Waals surface area (Å²) in [7, 11) is 0. The van der Waals surface area contributed by atoms with Gasteiger partial charge in [0.1, 0.15) is 5.78 Å². The van der Waals surface area contributed by atoms with Crippen LogP contribution in [0.1, 0.15) is 23.2 Å². The third-order valence-corrected chi connectivity index (χ3v) is 1.84. The first-order valence-electron chi connectivity index (χ1n) is 4.45. The van der Waals surface area contributed by atoms with Gasteiger partial charge in [0, 0.05) is 18.6 Å². The predicted molar refractivity (Wildman–Crippen MR) is 52.1 cm³/mol. The molecule has 0 saturated carbocycles. The van der Waals surface area contributed by atoms with Crippen LogP contribution in [0.25, 0.3) is 0 Å². The smallest absolute Gasteiger partial charge is 0.170 e. The molecule has 0 spiro atoms. The average Bonchev–Trinajstić information content (AvgIpc) is 2.19. The van der Waals surface area contributed by atoms with E-state index in [1.54, 1.807) is 24.3 Å². The Morgan fingerprint density at radius 1 is 1.14 bits per heavy atom. The number of Topliss-reactive ketones (excluding diaryl/α,β-unsaturated/α-hetero) is 2. The van der Waals surface area contributed by atoms with Gasteiger partial charge in [0.2, 0.25) is 0 Å². The monoisotopic (exact) mass is 192 g/mol. The number of hydrogen-bond donors (Lipinski definition) is 1. The van der Waals surface area contributed by atoms with Crippen molar-refractivity contribution >= 4 is 11.6 Å². The minimum Gasteiger partial charge on any atom is -0.396 e. The SMILES string of the molecule is O=C(CCO)CC(=O)c1ccccc1. The summed E-state index contributed by atoms with van der Waals surface area (Å²) in [4.78, 5) is 22.5. The highest BCUT2D eigenvalue weighted by Crippen LogP contribution is 2.04. The second kappa shape index (κ2) is 5.29. The molecule has 1 N–H and O–H groups in total. The Morgan fingerprint density at radius 2 is 1.79 bits per heavy atom. The van der Waals surface area contributed by atoms with Crippen LogP contribution in [0.4, 0.5) is 0 Å². The van der Waals surface area contributed by atoms with Crippen molar-refractivity contribution in [1.29, 1.82) is 0 Å². The Hall–Kier alpha value is -1.48. The summed E-state index contributed by atoms with van der Waals surface area (Å²) in [5.74, 6) is -0.412. The predicted octanol–water partition coefficient (Wildman–Crippen LogP) is 1.21. The van der Waals surface area contributed by atoms with Crippen LogP contribution in [0.3, 0.4) is 0 Å². The number of carbonyl (C=O) groups is 2. The van der Waals surface area contributed by atoms with Crippen molar-refractivity contribution in [1.82, 2.24) is 0 Å².